The van der Waals surface area contributed by atoms with Crippen molar-refractivity contribution in [2.75, 3.05) is 0 Å². The van der Waals surface area contributed by atoms with Crippen LogP contribution in [0.1, 0.15) is 34.4 Å². The number of aromatic nitrogens is 2. The molecule has 1 aromatic carbocycles. The van der Waals surface area contributed by atoms with Gasteiger partial charge in [0.05, 0.1) is 11.8 Å². The second-order valence-corrected chi connectivity index (χ2v) is 4.50. The van der Waals surface area contributed by atoms with Crippen LogP contribution in [-0.2, 0) is 19.1 Å². The van der Waals surface area contributed by atoms with Crippen LogP contribution in [0.2, 0.25) is 0 Å². The van der Waals surface area contributed by atoms with E-state index >= 15 is 0 Å². The van der Waals surface area contributed by atoms with Crippen LogP contribution in [0.4, 0.5) is 13.2 Å². The fraction of sp³-hybridized carbons (Fsp3) is 0.286. The van der Waals surface area contributed by atoms with Gasteiger partial charge in [-0.1, -0.05) is 19.1 Å². The van der Waals surface area contributed by atoms with E-state index in [-0.39, 0.29) is 12.2 Å². The van der Waals surface area contributed by atoms with Gasteiger partial charge in [-0.25, -0.2) is 9.78 Å². The highest BCUT2D eigenvalue weighted by Gasteiger charge is 2.30. The SMILES string of the molecule is CCc1ncc(C(=O)O)n1Cc1ccc(C(F)(F)F)cc1. The highest BCUT2D eigenvalue weighted by molar-refractivity contribution is 5.85. The Morgan fingerprint density at radius 1 is 1.29 bits per heavy atom. The summed E-state index contributed by atoms with van der Waals surface area (Å²) in [7, 11) is 0. The molecule has 0 aliphatic rings. The molecule has 4 nitrogen and oxygen atoms in total. The first kappa shape index (κ1) is 15.1. The van der Waals surface area contributed by atoms with Crippen LogP contribution in [-0.4, -0.2) is 20.6 Å². The average Bonchev–Trinajstić information content (AvgIpc) is 2.81. The van der Waals surface area contributed by atoms with Crippen molar-refractivity contribution in [1.29, 1.82) is 0 Å². The summed E-state index contributed by atoms with van der Waals surface area (Å²) in [5.74, 6) is -0.540. The Morgan fingerprint density at radius 2 is 1.90 bits per heavy atom. The molecule has 2 rings (SSSR count). The largest absolute Gasteiger partial charge is 0.477 e. The molecule has 7 heteroatoms. The average molecular weight is 298 g/mol. The maximum absolute atomic E-state index is 12.5. The number of halogens is 3. The van der Waals surface area contributed by atoms with E-state index in [9.17, 15) is 18.0 Å². The predicted octanol–water partition coefficient (Wildman–Crippen LogP) is 3.21. The number of carbonyl (C=O) groups is 1. The summed E-state index contributed by atoms with van der Waals surface area (Å²) in [5, 5.41) is 9.09. The molecule has 0 amide bonds. The lowest BCUT2D eigenvalue weighted by Gasteiger charge is -2.11. The highest BCUT2D eigenvalue weighted by atomic mass is 19.4. The first-order valence-corrected chi connectivity index (χ1v) is 6.26. The molecular formula is C14H13F3N2O2. The third kappa shape index (κ3) is 3.24. The number of nitrogens with zero attached hydrogens (tertiary/aromatic N) is 2. The highest BCUT2D eigenvalue weighted by Crippen LogP contribution is 2.29. The van der Waals surface area contributed by atoms with Crippen molar-refractivity contribution < 1.29 is 23.1 Å². The third-order valence-electron chi connectivity index (χ3n) is 3.10. The lowest BCUT2D eigenvalue weighted by atomic mass is 10.1. The van der Waals surface area contributed by atoms with Crippen molar-refractivity contribution in [3.63, 3.8) is 0 Å². The van der Waals surface area contributed by atoms with Gasteiger partial charge in [0.15, 0.2) is 0 Å². The van der Waals surface area contributed by atoms with Gasteiger partial charge in [-0.05, 0) is 17.7 Å². The monoisotopic (exact) mass is 298 g/mol. The molecule has 1 aromatic heterocycles. The molecule has 0 spiro atoms. The molecular weight excluding hydrogens is 285 g/mol. The zero-order chi connectivity index (χ0) is 15.6. The molecule has 0 atom stereocenters. The van der Waals surface area contributed by atoms with E-state index in [1.807, 2.05) is 6.92 Å². The van der Waals surface area contributed by atoms with E-state index in [0.717, 1.165) is 12.1 Å². The molecule has 0 fully saturated rings. The smallest absolute Gasteiger partial charge is 0.416 e. The molecule has 0 radical (unpaired) electrons. The van der Waals surface area contributed by atoms with Gasteiger partial charge < -0.3 is 9.67 Å². The molecule has 21 heavy (non-hydrogen) atoms. The Hall–Kier alpha value is -2.31. The Bertz CT molecular complexity index is 645. The molecule has 2 aromatic rings. The molecule has 0 aliphatic heterocycles. The van der Waals surface area contributed by atoms with Crippen LogP contribution in [0, 0.1) is 0 Å². The lowest BCUT2D eigenvalue weighted by molar-refractivity contribution is -0.137. The van der Waals surface area contributed by atoms with E-state index in [1.165, 1.54) is 22.9 Å². The second-order valence-electron chi connectivity index (χ2n) is 4.50. The zero-order valence-electron chi connectivity index (χ0n) is 11.2. The van der Waals surface area contributed by atoms with Gasteiger partial charge in [-0.3, -0.25) is 0 Å². The Morgan fingerprint density at radius 3 is 2.38 bits per heavy atom. The van der Waals surface area contributed by atoms with Crippen molar-refractivity contribution >= 4 is 5.97 Å². The maximum atomic E-state index is 12.5. The summed E-state index contributed by atoms with van der Waals surface area (Å²) in [6.07, 6.45) is -2.59. The maximum Gasteiger partial charge on any atom is 0.416 e. The minimum atomic E-state index is -4.38. The molecule has 0 saturated heterocycles. The van der Waals surface area contributed by atoms with Gasteiger partial charge in [-0.2, -0.15) is 13.2 Å². The third-order valence-corrected chi connectivity index (χ3v) is 3.10. The van der Waals surface area contributed by atoms with Crippen LogP contribution in [0.5, 0.6) is 0 Å². The Balaban J connectivity index is 2.30. The molecule has 0 saturated carbocycles. The van der Waals surface area contributed by atoms with Crippen LogP contribution < -0.4 is 0 Å². The second kappa shape index (κ2) is 5.59. The first-order valence-electron chi connectivity index (χ1n) is 6.26. The molecule has 1 heterocycles. The summed E-state index contributed by atoms with van der Waals surface area (Å²) >= 11 is 0. The fourth-order valence-electron chi connectivity index (χ4n) is 2.03. The van der Waals surface area contributed by atoms with Crippen LogP contribution in [0.3, 0.4) is 0 Å². The number of rotatable bonds is 4. The number of carboxylic acid groups (broad SMARTS) is 1. The molecule has 1 N–H and O–H groups in total. The number of hydrogen-bond acceptors (Lipinski definition) is 2. The lowest BCUT2D eigenvalue weighted by Crippen LogP contribution is -2.12. The number of imidazole rings is 1. The van der Waals surface area contributed by atoms with Crippen LogP contribution in [0.25, 0.3) is 0 Å². The van der Waals surface area contributed by atoms with Gasteiger partial charge >= 0.3 is 12.1 Å². The molecule has 0 unspecified atom stereocenters. The Kier molecular flexibility index (Phi) is 4.02. The van der Waals surface area contributed by atoms with E-state index in [4.69, 9.17) is 5.11 Å². The summed E-state index contributed by atoms with van der Waals surface area (Å²) in [5.41, 5.74) is -0.129. The summed E-state index contributed by atoms with van der Waals surface area (Å²) in [6, 6.07) is 4.65. The zero-order valence-corrected chi connectivity index (χ0v) is 11.2. The van der Waals surface area contributed by atoms with Crippen LogP contribution >= 0.6 is 0 Å². The minimum Gasteiger partial charge on any atom is -0.477 e. The topological polar surface area (TPSA) is 55.1 Å². The van der Waals surface area contributed by atoms with Gasteiger partial charge in [0.2, 0.25) is 0 Å². The van der Waals surface area contributed by atoms with Crippen LogP contribution in [0.15, 0.2) is 30.5 Å². The van der Waals surface area contributed by atoms with E-state index in [1.54, 1.807) is 0 Å². The number of aromatic carboxylic acids is 1. The number of aryl methyl sites for hydroxylation is 1. The van der Waals surface area contributed by atoms with Crippen molar-refractivity contribution in [2.24, 2.45) is 0 Å². The fourth-order valence-corrected chi connectivity index (χ4v) is 2.03. The van der Waals surface area contributed by atoms with Gasteiger partial charge in [0, 0.05) is 13.0 Å². The number of hydrogen-bond donors (Lipinski definition) is 1. The van der Waals surface area contributed by atoms with Crippen molar-refractivity contribution in [3.8, 4) is 0 Å². The Labute approximate surface area is 118 Å². The molecule has 112 valence electrons. The minimum absolute atomic E-state index is 0.0201. The van der Waals surface area contributed by atoms with Crippen molar-refractivity contribution in [3.05, 3.63) is 53.1 Å². The van der Waals surface area contributed by atoms with Crippen molar-refractivity contribution in [2.45, 2.75) is 26.1 Å². The van der Waals surface area contributed by atoms with Gasteiger partial charge in [0.25, 0.3) is 0 Å². The number of alkyl halides is 3. The van der Waals surface area contributed by atoms with Crippen molar-refractivity contribution in [1.82, 2.24) is 9.55 Å². The summed E-state index contributed by atoms with van der Waals surface area (Å²) < 4.78 is 39.0. The molecule has 0 bridgehead atoms. The van der Waals surface area contributed by atoms with E-state index in [2.05, 4.69) is 4.98 Å². The standard InChI is InChI=1S/C14H13F3N2O2/c1-2-12-18-7-11(13(20)21)19(12)8-9-3-5-10(6-4-9)14(15,16)17/h3-7H,2,8H2,1H3,(H,20,21). The normalized spacial score (nSPS) is 11.6. The van der Waals surface area contributed by atoms with E-state index in [0.29, 0.717) is 17.8 Å². The van der Waals surface area contributed by atoms with Gasteiger partial charge in [0.1, 0.15) is 11.5 Å². The van der Waals surface area contributed by atoms with Gasteiger partial charge in [-0.15, -0.1) is 0 Å². The molecule has 0 aliphatic carbocycles. The van der Waals surface area contributed by atoms with E-state index < -0.39 is 17.7 Å². The number of benzene rings is 1. The first-order chi connectivity index (χ1) is 9.82. The number of carboxylic acids is 1. The summed E-state index contributed by atoms with van der Waals surface area (Å²) in [6.45, 7) is 2.00. The summed E-state index contributed by atoms with van der Waals surface area (Å²) in [4.78, 5) is 15.1. The predicted molar refractivity (Wildman–Crippen MR) is 69.1 cm³/mol. The quantitative estimate of drug-likeness (QED) is 0.943.